The molecular weight excluding hydrogens is 541 g/mol. The van der Waals surface area contributed by atoms with E-state index in [0.717, 1.165) is 5.56 Å². The molecule has 0 bridgehead atoms. The van der Waals surface area contributed by atoms with Crippen molar-refractivity contribution in [3.8, 4) is 17.2 Å². The molecule has 39 heavy (non-hydrogen) atoms. The number of halogens is 2. The van der Waals surface area contributed by atoms with Gasteiger partial charge in [0.05, 0.1) is 19.8 Å². The summed E-state index contributed by atoms with van der Waals surface area (Å²) in [6, 6.07) is 17.3. The fourth-order valence-electron chi connectivity index (χ4n) is 4.36. The molecule has 0 saturated heterocycles. The molecule has 2 N–H and O–H groups in total. The topological polar surface area (TPSA) is 99.5 Å². The maximum absolute atomic E-state index is 13.6. The lowest BCUT2D eigenvalue weighted by Crippen LogP contribution is -2.31. The number of nitrogens with zero attached hydrogens (tertiary/aromatic N) is 3. The van der Waals surface area contributed by atoms with Crippen LogP contribution in [0, 0.1) is 0 Å². The number of benzene rings is 3. The SMILES string of the molecule is COc1ccc(NC(=O)C2=C(C)Nc3ncnn3C2c2ccc(OCc3c(Cl)cccc3Cl)c(OC)c2)cc1. The van der Waals surface area contributed by atoms with Gasteiger partial charge in [-0.25, -0.2) is 4.68 Å². The van der Waals surface area contributed by atoms with E-state index in [0.29, 0.717) is 55.8 Å². The average molecular weight is 566 g/mol. The molecule has 11 heteroatoms. The first kappa shape index (κ1) is 26.4. The number of allylic oxidation sites excluding steroid dienone is 1. The van der Waals surface area contributed by atoms with Gasteiger partial charge >= 0.3 is 0 Å². The van der Waals surface area contributed by atoms with Crippen LogP contribution in [-0.4, -0.2) is 34.9 Å². The zero-order chi connectivity index (χ0) is 27.5. The lowest BCUT2D eigenvalue weighted by molar-refractivity contribution is -0.113. The fraction of sp³-hybridized carbons (Fsp3) is 0.179. The maximum atomic E-state index is 13.6. The number of hydrogen-bond donors (Lipinski definition) is 2. The molecule has 0 fully saturated rings. The van der Waals surface area contributed by atoms with E-state index in [-0.39, 0.29) is 12.5 Å². The molecule has 200 valence electrons. The van der Waals surface area contributed by atoms with E-state index >= 15 is 0 Å². The van der Waals surface area contributed by atoms with Crippen molar-refractivity contribution in [2.75, 3.05) is 24.9 Å². The van der Waals surface area contributed by atoms with Crippen molar-refractivity contribution >= 4 is 40.7 Å². The number of aromatic nitrogens is 3. The second-order valence-electron chi connectivity index (χ2n) is 8.68. The Morgan fingerprint density at radius 2 is 1.77 bits per heavy atom. The van der Waals surface area contributed by atoms with Crippen LogP contribution in [0.4, 0.5) is 11.6 Å². The number of rotatable bonds is 8. The normalized spacial score (nSPS) is 14.3. The van der Waals surface area contributed by atoms with E-state index in [9.17, 15) is 4.79 Å². The molecule has 1 atom stereocenters. The van der Waals surface area contributed by atoms with Crippen LogP contribution in [0.5, 0.6) is 17.2 Å². The Balaban J connectivity index is 1.46. The van der Waals surface area contributed by atoms with Gasteiger partial charge in [0.25, 0.3) is 5.91 Å². The summed E-state index contributed by atoms with van der Waals surface area (Å²) in [5.74, 6) is 1.90. The largest absolute Gasteiger partial charge is 0.497 e. The van der Waals surface area contributed by atoms with Gasteiger partial charge in [0.1, 0.15) is 24.7 Å². The first-order chi connectivity index (χ1) is 18.9. The summed E-state index contributed by atoms with van der Waals surface area (Å²) in [5.41, 5.74) is 3.18. The Morgan fingerprint density at radius 3 is 2.46 bits per heavy atom. The van der Waals surface area contributed by atoms with Crippen molar-refractivity contribution < 1.29 is 19.0 Å². The fourth-order valence-corrected chi connectivity index (χ4v) is 4.87. The molecule has 4 aromatic rings. The predicted molar refractivity (Wildman–Crippen MR) is 150 cm³/mol. The number of hydrogen-bond acceptors (Lipinski definition) is 7. The van der Waals surface area contributed by atoms with Gasteiger partial charge in [-0.15, -0.1) is 0 Å². The van der Waals surface area contributed by atoms with Gasteiger partial charge in [0.15, 0.2) is 11.5 Å². The minimum absolute atomic E-state index is 0.156. The van der Waals surface area contributed by atoms with E-state index in [1.165, 1.54) is 6.33 Å². The standard InChI is InChI=1S/C28H25Cl2N5O4/c1-16-25(27(36)34-18-8-10-19(37-2)11-9-18)26(35-28(33-16)31-15-32-35)17-7-12-23(24(13-17)38-3)39-14-20-21(29)5-4-6-22(20)30/h4-13,15,26H,14H2,1-3H3,(H,34,36)(H,31,32,33). The molecule has 0 aliphatic carbocycles. The first-order valence-corrected chi connectivity index (χ1v) is 12.7. The second kappa shape index (κ2) is 11.3. The predicted octanol–water partition coefficient (Wildman–Crippen LogP) is 6.11. The smallest absolute Gasteiger partial charge is 0.255 e. The Labute approximate surface area is 235 Å². The van der Waals surface area contributed by atoms with E-state index in [4.69, 9.17) is 37.4 Å². The van der Waals surface area contributed by atoms with Gasteiger partial charge < -0.3 is 24.8 Å². The number of carbonyl (C=O) groups is 1. The van der Waals surface area contributed by atoms with E-state index in [1.54, 1.807) is 67.4 Å². The van der Waals surface area contributed by atoms with Gasteiger partial charge in [-0.05, 0) is 61.0 Å². The molecule has 1 aromatic heterocycles. The summed E-state index contributed by atoms with van der Waals surface area (Å²) in [6.45, 7) is 1.99. The van der Waals surface area contributed by atoms with E-state index in [1.807, 2.05) is 19.1 Å². The molecule has 1 amide bonds. The highest BCUT2D eigenvalue weighted by Crippen LogP contribution is 2.39. The number of ether oxygens (including phenoxy) is 3. The van der Waals surface area contributed by atoms with Crippen LogP contribution in [0.1, 0.15) is 24.1 Å². The van der Waals surface area contributed by atoms with Crippen LogP contribution in [0.3, 0.4) is 0 Å². The minimum Gasteiger partial charge on any atom is -0.497 e. The second-order valence-corrected chi connectivity index (χ2v) is 9.49. The maximum Gasteiger partial charge on any atom is 0.255 e. The van der Waals surface area contributed by atoms with Gasteiger partial charge in [-0.2, -0.15) is 10.1 Å². The number of amides is 1. The molecule has 1 unspecified atom stereocenters. The molecule has 0 radical (unpaired) electrons. The molecule has 5 rings (SSSR count). The van der Waals surface area contributed by atoms with Gasteiger partial charge in [-0.1, -0.05) is 35.3 Å². The van der Waals surface area contributed by atoms with Crippen molar-refractivity contribution in [2.45, 2.75) is 19.6 Å². The summed E-state index contributed by atoms with van der Waals surface area (Å²) in [5, 5.41) is 11.6. The van der Waals surface area contributed by atoms with Gasteiger partial charge in [0.2, 0.25) is 5.95 Å². The van der Waals surface area contributed by atoms with Crippen molar-refractivity contribution in [1.29, 1.82) is 0 Å². The van der Waals surface area contributed by atoms with Crippen LogP contribution in [0.2, 0.25) is 10.0 Å². The lowest BCUT2D eigenvalue weighted by Gasteiger charge is -2.29. The van der Waals surface area contributed by atoms with Gasteiger partial charge in [0, 0.05) is 27.0 Å². The van der Waals surface area contributed by atoms with Crippen molar-refractivity contribution in [3.05, 3.63) is 99.4 Å². The highest BCUT2D eigenvalue weighted by atomic mass is 35.5. The van der Waals surface area contributed by atoms with E-state index < -0.39 is 6.04 Å². The monoisotopic (exact) mass is 565 g/mol. The van der Waals surface area contributed by atoms with Crippen LogP contribution < -0.4 is 24.8 Å². The third-order valence-electron chi connectivity index (χ3n) is 6.32. The van der Waals surface area contributed by atoms with E-state index in [2.05, 4.69) is 20.7 Å². The summed E-state index contributed by atoms with van der Waals surface area (Å²) in [6.07, 6.45) is 1.44. The Hall–Kier alpha value is -4.21. The number of methoxy groups -OCH3 is 2. The molecular formula is C28H25Cl2N5O4. The molecule has 2 heterocycles. The third-order valence-corrected chi connectivity index (χ3v) is 7.03. The minimum atomic E-state index is -0.581. The molecule has 9 nitrogen and oxygen atoms in total. The summed E-state index contributed by atoms with van der Waals surface area (Å²) in [7, 11) is 3.14. The Bertz CT molecular complexity index is 1530. The number of nitrogens with one attached hydrogen (secondary N) is 2. The van der Waals surface area contributed by atoms with Crippen molar-refractivity contribution in [3.63, 3.8) is 0 Å². The highest BCUT2D eigenvalue weighted by molar-refractivity contribution is 6.35. The molecule has 3 aromatic carbocycles. The number of fused-ring (bicyclic) bond motifs is 1. The third kappa shape index (κ3) is 5.36. The highest BCUT2D eigenvalue weighted by Gasteiger charge is 2.34. The summed E-state index contributed by atoms with van der Waals surface area (Å²) in [4.78, 5) is 17.9. The first-order valence-electron chi connectivity index (χ1n) is 12.0. The van der Waals surface area contributed by atoms with Crippen molar-refractivity contribution in [1.82, 2.24) is 14.8 Å². The Morgan fingerprint density at radius 1 is 1.03 bits per heavy atom. The Kier molecular flexibility index (Phi) is 7.63. The van der Waals surface area contributed by atoms with Crippen molar-refractivity contribution in [2.24, 2.45) is 0 Å². The molecule has 1 aliphatic heterocycles. The number of anilines is 2. The number of carbonyl (C=O) groups excluding carboxylic acids is 1. The molecule has 1 aliphatic rings. The lowest BCUT2D eigenvalue weighted by atomic mass is 9.94. The van der Waals surface area contributed by atoms with Crippen LogP contribution in [-0.2, 0) is 11.4 Å². The zero-order valence-corrected chi connectivity index (χ0v) is 22.9. The van der Waals surface area contributed by atoms with Crippen LogP contribution in [0.25, 0.3) is 0 Å². The quantitative estimate of drug-likeness (QED) is 0.266. The summed E-state index contributed by atoms with van der Waals surface area (Å²) >= 11 is 12.6. The van der Waals surface area contributed by atoms with Crippen LogP contribution >= 0.6 is 23.2 Å². The molecule has 0 spiro atoms. The molecule has 0 saturated carbocycles. The van der Waals surface area contributed by atoms with Crippen LogP contribution in [0.15, 0.2) is 78.3 Å². The van der Waals surface area contributed by atoms with Gasteiger partial charge in [-0.3, -0.25) is 4.79 Å². The zero-order valence-electron chi connectivity index (χ0n) is 21.4. The average Bonchev–Trinajstić information content (AvgIpc) is 3.40. The summed E-state index contributed by atoms with van der Waals surface area (Å²) < 4.78 is 18.6.